The zero-order valence-corrected chi connectivity index (χ0v) is 4.74. The van der Waals surface area contributed by atoms with Crippen molar-refractivity contribution in [3.05, 3.63) is 0 Å². The minimum Gasteiger partial charge on any atom is -0.303 e. The van der Waals surface area contributed by atoms with Crippen LogP contribution >= 0.6 is 0 Å². The van der Waals surface area contributed by atoms with Crippen LogP contribution in [-0.4, -0.2) is 12.6 Å². The molecule has 0 rings (SSSR count). The van der Waals surface area contributed by atoms with Crippen molar-refractivity contribution in [3.63, 3.8) is 0 Å². The maximum absolute atomic E-state index is 9.17. The van der Waals surface area contributed by atoms with Crippen LogP contribution in [0.15, 0.2) is 0 Å². The molecule has 0 amide bonds. The fourth-order valence-corrected chi connectivity index (χ4v) is 0.0393. The van der Waals surface area contributed by atoms with Gasteiger partial charge in [-0.3, -0.25) is 0 Å². The molecule has 0 atom stereocenters. The maximum Gasteiger partial charge on any atom is 0.127 e. The maximum atomic E-state index is 9.17. The standard InChI is InChI=1S/C3H4O2.Ti/c4-2-1-3-5;/h2-3H,1H2;. The van der Waals surface area contributed by atoms with E-state index in [9.17, 15) is 9.59 Å². The number of rotatable bonds is 2. The van der Waals surface area contributed by atoms with Gasteiger partial charge in [-0.15, -0.1) is 0 Å². The molecule has 6 heavy (non-hydrogen) atoms. The third kappa shape index (κ3) is 8.96. The number of hydrogen-bond acceptors (Lipinski definition) is 2. The van der Waals surface area contributed by atoms with Crippen molar-refractivity contribution in [2.75, 3.05) is 0 Å². The molecule has 0 fully saturated rings. The fourth-order valence-electron chi connectivity index (χ4n) is 0.0393. The van der Waals surface area contributed by atoms with E-state index in [0.29, 0.717) is 12.6 Å². The van der Waals surface area contributed by atoms with Crippen LogP contribution in [0.4, 0.5) is 0 Å². The molecule has 0 aromatic rings. The molecule has 0 N–H and O–H groups in total. The first kappa shape index (κ1) is 9.41. The number of hydrogen-bond donors (Lipinski definition) is 0. The minimum absolute atomic E-state index is 0. The van der Waals surface area contributed by atoms with Crippen molar-refractivity contribution >= 4 is 12.6 Å². The van der Waals surface area contributed by atoms with Crippen molar-refractivity contribution in [1.29, 1.82) is 0 Å². The summed E-state index contributed by atoms with van der Waals surface area (Å²) in [4.78, 5) is 18.3. The van der Waals surface area contributed by atoms with Crippen LogP contribution in [0.25, 0.3) is 0 Å². The van der Waals surface area contributed by atoms with E-state index in [4.69, 9.17) is 0 Å². The second-order valence-electron chi connectivity index (χ2n) is 0.569. The van der Waals surface area contributed by atoms with Gasteiger partial charge in [-0.25, -0.2) is 0 Å². The monoisotopic (exact) mass is 120 g/mol. The zero-order valence-electron chi connectivity index (χ0n) is 3.18. The van der Waals surface area contributed by atoms with Gasteiger partial charge in [0.1, 0.15) is 12.6 Å². The molecule has 32 valence electrons. The first-order valence-corrected chi connectivity index (χ1v) is 1.29. The van der Waals surface area contributed by atoms with Crippen LogP contribution in [0.5, 0.6) is 0 Å². The van der Waals surface area contributed by atoms with Crippen LogP contribution in [0.3, 0.4) is 0 Å². The SMILES string of the molecule is O=CCC=O.[Ti]. The Balaban J connectivity index is 0. The summed E-state index contributed by atoms with van der Waals surface area (Å²) in [6, 6.07) is 0. The van der Waals surface area contributed by atoms with E-state index in [1.54, 1.807) is 0 Å². The average Bonchev–Trinajstić information content (AvgIpc) is 1.41. The van der Waals surface area contributed by atoms with E-state index in [1.165, 1.54) is 0 Å². The Kier molecular flexibility index (Phi) is 14.0. The summed E-state index contributed by atoms with van der Waals surface area (Å²) in [5.74, 6) is 0. The molecule has 0 saturated heterocycles. The van der Waals surface area contributed by atoms with Crippen molar-refractivity contribution < 1.29 is 31.3 Å². The van der Waals surface area contributed by atoms with E-state index >= 15 is 0 Å². The van der Waals surface area contributed by atoms with Gasteiger partial charge in [0.15, 0.2) is 0 Å². The molecular weight excluding hydrogens is 116 g/mol. The van der Waals surface area contributed by atoms with Gasteiger partial charge in [0.2, 0.25) is 0 Å². The van der Waals surface area contributed by atoms with E-state index in [1.807, 2.05) is 0 Å². The molecule has 0 aliphatic rings. The van der Waals surface area contributed by atoms with Gasteiger partial charge in [0.05, 0.1) is 6.42 Å². The van der Waals surface area contributed by atoms with Crippen LogP contribution in [0.2, 0.25) is 0 Å². The van der Waals surface area contributed by atoms with Crippen LogP contribution in [0.1, 0.15) is 6.42 Å². The van der Waals surface area contributed by atoms with E-state index in [-0.39, 0.29) is 28.1 Å². The number of carbonyl (C=O) groups is 2. The minimum atomic E-state index is 0. The molecule has 0 heterocycles. The predicted octanol–water partition coefficient (Wildman–Crippen LogP) is -0.228. The van der Waals surface area contributed by atoms with Gasteiger partial charge in [0, 0.05) is 21.7 Å². The van der Waals surface area contributed by atoms with E-state index in [0.717, 1.165) is 0 Å². The van der Waals surface area contributed by atoms with Gasteiger partial charge in [-0.1, -0.05) is 0 Å². The zero-order chi connectivity index (χ0) is 4.12. The van der Waals surface area contributed by atoms with Gasteiger partial charge >= 0.3 is 0 Å². The van der Waals surface area contributed by atoms with E-state index < -0.39 is 0 Å². The van der Waals surface area contributed by atoms with Crippen LogP contribution in [-0.2, 0) is 31.3 Å². The Morgan fingerprint density at radius 3 is 1.50 bits per heavy atom. The molecular formula is C3H4O2Ti. The predicted molar refractivity (Wildman–Crippen MR) is 16.7 cm³/mol. The average molecular weight is 120 g/mol. The third-order valence-electron chi connectivity index (χ3n) is 0.192. The molecule has 2 nitrogen and oxygen atoms in total. The Hall–Kier alpha value is 0.0543. The largest absolute Gasteiger partial charge is 0.303 e. The normalized spacial score (nSPS) is 5.33. The van der Waals surface area contributed by atoms with Crippen molar-refractivity contribution in [1.82, 2.24) is 0 Å². The summed E-state index contributed by atoms with van der Waals surface area (Å²) in [5.41, 5.74) is 0. The summed E-state index contributed by atoms with van der Waals surface area (Å²) >= 11 is 0. The van der Waals surface area contributed by atoms with Crippen LogP contribution in [0, 0.1) is 0 Å². The first-order chi connectivity index (χ1) is 2.41. The molecule has 0 radical (unpaired) electrons. The second kappa shape index (κ2) is 8.91. The molecule has 0 unspecified atom stereocenters. The quantitative estimate of drug-likeness (QED) is 0.286. The van der Waals surface area contributed by atoms with E-state index in [2.05, 4.69) is 0 Å². The molecule has 0 aliphatic carbocycles. The molecule has 0 aliphatic heterocycles. The topological polar surface area (TPSA) is 34.1 Å². The summed E-state index contributed by atoms with van der Waals surface area (Å²) in [7, 11) is 0. The number of carbonyl (C=O) groups excluding carboxylic acids is 2. The molecule has 0 spiro atoms. The Morgan fingerprint density at radius 1 is 1.17 bits per heavy atom. The molecule has 0 aromatic heterocycles. The summed E-state index contributed by atoms with van der Waals surface area (Å²) in [6.45, 7) is 0. The van der Waals surface area contributed by atoms with Crippen molar-refractivity contribution in [2.45, 2.75) is 6.42 Å². The summed E-state index contributed by atoms with van der Waals surface area (Å²) < 4.78 is 0. The van der Waals surface area contributed by atoms with Gasteiger partial charge < -0.3 is 9.59 Å². The van der Waals surface area contributed by atoms with Crippen LogP contribution < -0.4 is 0 Å². The Morgan fingerprint density at radius 2 is 1.50 bits per heavy atom. The molecule has 0 saturated carbocycles. The smallest absolute Gasteiger partial charge is 0.127 e. The van der Waals surface area contributed by atoms with Crippen molar-refractivity contribution in [3.8, 4) is 0 Å². The van der Waals surface area contributed by atoms with Gasteiger partial charge in [-0.2, -0.15) is 0 Å². The molecule has 0 aromatic carbocycles. The number of aldehydes is 2. The third-order valence-corrected chi connectivity index (χ3v) is 0.192. The Labute approximate surface area is 50.8 Å². The molecule has 0 bridgehead atoms. The second-order valence-corrected chi connectivity index (χ2v) is 0.569. The first-order valence-electron chi connectivity index (χ1n) is 1.29. The summed E-state index contributed by atoms with van der Waals surface area (Å²) in [5, 5.41) is 0. The van der Waals surface area contributed by atoms with Crippen molar-refractivity contribution in [2.24, 2.45) is 0 Å². The molecule has 3 heteroatoms. The summed E-state index contributed by atoms with van der Waals surface area (Å²) in [6.07, 6.45) is 1.15. The fraction of sp³-hybridized carbons (Fsp3) is 0.333. The van der Waals surface area contributed by atoms with Gasteiger partial charge in [-0.05, 0) is 0 Å². The Bertz CT molecular complexity index is 38.1. The van der Waals surface area contributed by atoms with Gasteiger partial charge in [0.25, 0.3) is 0 Å².